The quantitative estimate of drug-likeness (QED) is 0.891. The molecular weight excluding hydrogens is 234 g/mol. The minimum atomic E-state index is 0.505. The van der Waals surface area contributed by atoms with Crippen LogP contribution in [0.4, 0.5) is 0 Å². The van der Waals surface area contributed by atoms with E-state index in [0.717, 1.165) is 34.5 Å². The Morgan fingerprint density at radius 2 is 2.12 bits per heavy atom. The number of rotatable bonds is 4. The predicted octanol–water partition coefficient (Wildman–Crippen LogP) is 3.94. The molecule has 2 rings (SSSR count). The molecule has 1 N–H and O–H groups in total. The van der Waals surface area contributed by atoms with Gasteiger partial charge in [0.05, 0.1) is 11.3 Å². The SMILES string of the molecule is Cc1ccc(Cl)c2c(CCNC(C)C)coc12. The Morgan fingerprint density at radius 3 is 2.82 bits per heavy atom. The minimum absolute atomic E-state index is 0.505. The molecule has 0 saturated heterocycles. The lowest BCUT2D eigenvalue weighted by atomic mass is 10.1. The molecule has 1 heterocycles. The van der Waals surface area contributed by atoms with Gasteiger partial charge in [-0.25, -0.2) is 0 Å². The van der Waals surface area contributed by atoms with Gasteiger partial charge in [-0.1, -0.05) is 31.5 Å². The molecule has 1 aromatic carbocycles. The van der Waals surface area contributed by atoms with Crippen molar-refractivity contribution in [1.82, 2.24) is 5.32 Å². The van der Waals surface area contributed by atoms with Gasteiger partial charge in [0.15, 0.2) is 0 Å². The summed E-state index contributed by atoms with van der Waals surface area (Å²) in [5.41, 5.74) is 3.23. The van der Waals surface area contributed by atoms with Crippen LogP contribution in [0.15, 0.2) is 22.8 Å². The van der Waals surface area contributed by atoms with Crippen molar-refractivity contribution < 1.29 is 4.42 Å². The highest BCUT2D eigenvalue weighted by Crippen LogP contribution is 2.31. The van der Waals surface area contributed by atoms with Gasteiger partial charge in [0, 0.05) is 17.0 Å². The topological polar surface area (TPSA) is 25.2 Å². The van der Waals surface area contributed by atoms with E-state index in [1.54, 1.807) is 0 Å². The maximum absolute atomic E-state index is 6.24. The van der Waals surface area contributed by atoms with Crippen molar-refractivity contribution in [2.24, 2.45) is 0 Å². The van der Waals surface area contributed by atoms with Gasteiger partial charge in [0.2, 0.25) is 0 Å². The number of benzene rings is 1. The summed E-state index contributed by atoms with van der Waals surface area (Å²) < 4.78 is 5.61. The van der Waals surface area contributed by atoms with Crippen LogP contribution < -0.4 is 5.32 Å². The lowest BCUT2D eigenvalue weighted by Gasteiger charge is -2.07. The first-order valence-electron chi connectivity index (χ1n) is 5.98. The van der Waals surface area contributed by atoms with Crippen molar-refractivity contribution in [3.05, 3.63) is 34.5 Å². The number of halogens is 1. The van der Waals surface area contributed by atoms with Crippen LogP contribution in [0.1, 0.15) is 25.0 Å². The molecule has 17 heavy (non-hydrogen) atoms. The van der Waals surface area contributed by atoms with Crippen LogP contribution in [-0.2, 0) is 6.42 Å². The zero-order valence-electron chi connectivity index (χ0n) is 10.5. The van der Waals surface area contributed by atoms with Crippen molar-refractivity contribution in [2.75, 3.05) is 6.54 Å². The summed E-state index contributed by atoms with van der Waals surface area (Å²) in [6.07, 6.45) is 2.76. The highest BCUT2D eigenvalue weighted by molar-refractivity contribution is 6.35. The third-order valence-electron chi connectivity index (χ3n) is 2.89. The molecule has 0 radical (unpaired) electrons. The fourth-order valence-corrected chi connectivity index (χ4v) is 2.25. The van der Waals surface area contributed by atoms with Crippen LogP contribution in [0.3, 0.4) is 0 Å². The van der Waals surface area contributed by atoms with E-state index in [9.17, 15) is 0 Å². The molecular formula is C14H18ClNO. The first kappa shape index (κ1) is 12.5. The molecule has 0 bridgehead atoms. The molecule has 0 saturated carbocycles. The largest absolute Gasteiger partial charge is 0.464 e. The van der Waals surface area contributed by atoms with Crippen molar-refractivity contribution >= 4 is 22.6 Å². The highest BCUT2D eigenvalue weighted by atomic mass is 35.5. The van der Waals surface area contributed by atoms with E-state index in [4.69, 9.17) is 16.0 Å². The zero-order chi connectivity index (χ0) is 12.4. The molecule has 0 aliphatic carbocycles. The summed E-state index contributed by atoms with van der Waals surface area (Å²) in [5.74, 6) is 0. The summed E-state index contributed by atoms with van der Waals surface area (Å²) >= 11 is 6.24. The lowest BCUT2D eigenvalue weighted by molar-refractivity contribution is 0.580. The van der Waals surface area contributed by atoms with E-state index in [0.29, 0.717) is 6.04 Å². The molecule has 0 amide bonds. The van der Waals surface area contributed by atoms with E-state index in [1.165, 1.54) is 5.56 Å². The third kappa shape index (κ3) is 2.64. The summed E-state index contributed by atoms with van der Waals surface area (Å²) in [7, 11) is 0. The van der Waals surface area contributed by atoms with E-state index >= 15 is 0 Å². The van der Waals surface area contributed by atoms with Gasteiger partial charge in [0.25, 0.3) is 0 Å². The molecule has 0 atom stereocenters. The average molecular weight is 252 g/mol. The van der Waals surface area contributed by atoms with Crippen LogP contribution in [0, 0.1) is 6.92 Å². The first-order valence-corrected chi connectivity index (χ1v) is 6.36. The fourth-order valence-electron chi connectivity index (χ4n) is 1.98. The van der Waals surface area contributed by atoms with Crippen LogP contribution in [0.25, 0.3) is 11.0 Å². The maximum Gasteiger partial charge on any atom is 0.138 e. The van der Waals surface area contributed by atoms with Crippen LogP contribution in [-0.4, -0.2) is 12.6 Å². The number of hydrogen-bond donors (Lipinski definition) is 1. The molecule has 0 unspecified atom stereocenters. The monoisotopic (exact) mass is 251 g/mol. The van der Waals surface area contributed by atoms with Crippen molar-refractivity contribution in [2.45, 2.75) is 33.2 Å². The molecule has 0 fully saturated rings. The predicted molar refractivity (Wildman–Crippen MR) is 72.8 cm³/mol. The van der Waals surface area contributed by atoms with Gasteiger partial charge in [-0.2, -0.15) is 0 Å². The molecule has 0 spiro atoms. The Labute approximate surface area is 107 Å². The summed E-state index contributed by atoms with van der Waals surface area (Å²) in [6, 6.07) is 4.43. The molecule has 1 aromatic heterocycles. The molecule has 2 nitrogen and oxygen atoms in total. The van der Waals surface area contributed by atoms with Crippen LogP contribution in [0.2, 0.25) is 5.02 Å². The maximum atomic E-state index is 6.24. The Balaban J connectivity index is 2.26. The number of fused-ring (bicyclic) bond motifs is 1. The summed E-state index contributed by atoms with van der Waals surface area (Å²) in [5, 5.41) is 5.24. The van der Waals surface area contributed by atoms with Gasteiger partial charge >= 0.3 is 0 Å². The zero-order valence-corrected chi connectivity index (χ0v) is 11.3. The lowest BCUT2D eigenvalue weighted by Crippen LogP contribution is -2.24. The van der Waals surface area contributed by atoms with E-state index in [-0.39, 0.29) is 0 Å². The van der Waals surface area contributed by atoms with Crippen molar-refractivity contribution in [1.29, 1.82) is 0 Å². The van der Waals surface area contributed by atoms with Gasteiger partial charge in [0.1, 0.15) is 5.58 Å². The Morgan fingerprint density at radius 1 is 1.35 bits per heavy atom. The second-order valence-electron chi connectivity index (χ2n) is 4.69. The standard InChI is InChI=1S/C14H18ClNO/c1-9(2)16-7-6-11-8-17-14-10(3)4-5-12(15)13(11)14/h4-5,8-9,16H,6-7H2,1-3H3. The van der Waals surface area contributed by atoms with Crippen LogP contribution >= 0.6 is 11.6 Å². The van der Waals surface area contributed by atoms with E-state index < -0.39 is 0 Å². The van der Waals surface area contributed by atoms with Crippen molar-refractivity contribution in [3.63, 3.8) is 0 Å². The number of aryl methyl sites for hydroxylation is 1. The van der Waals surface area contributed by atoms with E-state index in [1.807, 2.05) is 25.3 Å². The molecule has 0 aliphatic heterocycles. The summed E-state index contributed by atoms with van der Waals surface area (Å²) in [4.78, 5) is 0. The van der Waals surface area contributed by atoms with E-state index in [2.05, 4.69) is 19.2 Å². The molecule has 3 heteroatoms. The van der Waals surface area contributed by atoms with Gasteiger partial charge in [-0.05, 0) is 31.5 Å². The second-order valence-corrected chi connectivity index (χ2v) is 5.10. The third-order valence-corrected chi connectivity index (χ3v) is 3.21. The van der Waals surface area contributed by atoms with Gasteiger partial charge in [-0.3, -0.25) is 0 Å². The number of furan rings is 1. The van der Waals surface area contributed by atoms with Gasteiger partial charge in [-0.15, -0.1) is 0 Å². The smallest absolute Gasteiger partial charge is 0.138 e. The first-order chi connectivity index (χ1) is 8.09. The Kier molecular flexibility index (Phi) is 3.75. The Bertz CT molecular complexity index is 516. The number of nitrogens with one attached hydrogen (secondary N) is 1. The number of hydrogen-bond acceptors (Lipinski definition) is 2. The van der Waals surface area contributed by atoms with Crippen molar-refractivity contribution in [3.8, 4) is 0 Å². The highest BCUT2D eigenvalue weighted by Gasteiger charge is 2.11. The average Bonchev–Trinajstić information content (AvgIpc) is 2.68. The fraction of sp³-hybridized carbons (Fsp3) is 0.429. The summed E-state index contributed by atoms with van der Waals surface area (Å²) in [6.45, 7) is 7.27. The Hall–Kier alpha value is -0.990. The minimum Gasteiger partial charge on any atom is -0.464 e. The molecule has 92 valence electrons. The van der Waals surface area contributed by atoms with Crippen LogP contribution in [0.5, 0.6) is 0 Å². The second kappa shape index (κ2) is 5.11. The van der Waals surface area contributed by atoms with Gasteiger partial charge < -0.3 is 9.73 Å². The molecule has 0 aliphatic rings. The molecule has 2 aromatic rings. The normalized spacial score (nSPS) is 11.6.